The first-order valence-electron chi connectivity index (χ1n) is 5.73. The fourth-order valence-electron chi connectivity index (χ4n) is 2.00. The van der Waals surface area contributed by atoms with Gasteiger partial charge in [0.15, 0.2) is 0 Å². The Labute approximate surface area is 96.1 Å². The summed E-state index contributed by atoms with van der Waals surface area (Å²) in [6.07, 6.45) is 0. The summed E-state index contributed by atoms with van der Waals surface area (Å²) in [6.45, 7) is 5.45. The molecule has 1 aromatic rings. The molecule has 0 radical (unpaired) electrons. The lowest BCUT2D eigenvalue weighted by molar-refractivity contribution is 0.230. The molecule has 1 heterocycles. The predicted octanol–water partition coefficient (Wildman–Crippen LogP) is 0.256. The third-order valence-corrected chi connectivity index (χ3v) is 2.98. The van der Waals surface area contributed by atoms with E-state index in [1.54, 1.807) is 6.07 Å². The Bertz CT molecular complexity index is 348. The van der Waals surface area contributed by atoms with Crippen LogP contribution in [0.15, 0.2) is 18.2 Å². The van der Waals surface area contributed by atoms with Gasteiger partial charge in [-0.2, -0.15) is 0 Å². The van der Waals surface area contributed by atoms with Gasteiger partial charge in [-0.3, -0.25) is 4.90 Å². The highest BCUT2D eigenvalue weighted by Gasteiger charge is 2.12. The largest absolute Gasteiger partial charge is 0.508 e. The van der Waals surface area contributed by atoms with Gasteiger partial charge in [0.05, 0.1) is 0 Å². The molecule has 0 bridgehead atoms. The number of nitrogens with one attached hydrogen (secondary N) is 1. The molecule has 0 unspecified atom stereocenters. The molecule has 0 aliphatic carbocycles. The first-order chi connectivity index (χ1) is 7.79. The second-order valence-corrected chi connectivity index (χ2v) is 4.19. The summed E-state index contributed by atoms with van der Waals surface area (Å²) < 4.78 is 0. The minimum absolute atomic E-state index is 0.371. The number of nitrogens with two attached hydrogens (primary N) is 1. The molecular weight excluding hydrogens is 202 g/mol. The van der Waals surface area contributed by atoms with Crippen molar-refractivity contribution in [1.82, 2.24) is 10.2 Å². The first-order valence-corrected chi connectivity index (χ1v) is 5.73. The van der Waals surface area contributed by atoms with Gasteiger partial charge in [-0.05, 0) is 17.7 Å². The van der Waals surface area contributed by atoms with Crippen molar-refractivity contribution in [3.05, 3.63) is 29.3 Å². The zero-order valence-corrected chi connectivity index (χ0v) is 9.45. The smallest absolute Gasteiger partial charge is 0.120 e. The van der Waals surface area contributed by atoms with Crippen LogP contribution < -0.4 is 11.1 Å². The van der Waals surface area contributed by atoms with Crippen molar-refractivity contribution in [2.24, 2.45) is 5.73 Å². The molecule has 88 valence electrons. The lowest BCUT2D eigenvalue weighted by Crippen LogP contribution is -2.42. The van der Waals surface area contributed by atoms with Crippen LogP contribution in [0.4, 0.5) is 0 Å². The minimum atomic E-state index is 0.371. The Morgan fingerprint density at radius 3 is 2.75 bits per heavy atom. The van der Waals surface area contributed by atoms with Crippen molar-refractivity contribution in [3.63, 3.8) is 0 Å². The molecule has 0 atom stereocenters. The van der Waals surface area contributed by atoms with E-state index in [-0.39, 0.29) is 0 Å². The number of nitrogens with zero attached hydrogens (tertiary/aromatic N) is 1. The molecule has 0 amide bonds. The highest BCUT2D eigenvalue weighted by atomic mass is 16.3. The van der Waals surface area contributed by atoms with Crippen LogP contribution in [-0.4, -0.2) is 36.2 Å². The zero-order chi connectivity index (χ0) is 11.4. The van der Waals surface area contributed by atoms with E-state index in [1.807, 2.05) is 12.1 Å². The predicted molar refractivity (Wildman–Crippen MR) is 64.1 cm³/mol. The molecule has 0 aromatic heterocycles. The number of hydrogen-bond donors (Lipinski definition) is 3. The molecule has 16 heavy (non-hydrogen) atoms. The number of piperazine rings is 1. The van der Waals surface area contributed by atoms with Crippen molar-refractivity contribution in [2.75, 3.05) is 26.2 Å². The Morgan fingerprint density at radius 2 is 2.06 bits per heavy atom. The van der Waals surface area contributed by atoms with Crippen LogP contribution in [0.5, 0.6) is 5.75 Å². The first kappa shape index (κ1) is 11.4. The normalized spacial score (nSPS) is 17.6. The summed E-state index contributed by atoms with van der Waals surface area (Å²) >= 11 is 0. The molecule has 1 fully saturated rings. The van der Waals surface area contributed by atoms with Crippen molar-refractivity contribution in [2.45, 2.75) is 13.1 Å². The van der Waals surface area contributed by atoms with E-state index < -0.39 is 0 Å². The van der Waals surface area contributed by atoms with E-state index in [0.717, 1.165) is 43.9 Å². The summed E-state index contributed by atoms with van der Waals surface area (Å²) in [6, 6.07) is 5.60. The highest BCUT2D eigenvalue weighted by molar-refractivity contribution is 5.36. The van der Waals surface area contributed by atoms with Gasteiger partial charge in [0.25, 0.3) is 0 Å². The summed E-state index contributed by atoms with van der Waals surface area (Å²) in [4.78, 5) is 2.34. The van der Waals surface area contributed by atoms with Gasteiger partial charge in [-0.15, -0.1) is 0 Å². The summed E-state index contributed by atoms with van der Waals surface area (Å²) in [7, 11) is 0. The lowest BCUT2D eigenvalue weighted by Gasteiger charge is -2.27. The molecule has 1 aliphatic rings. The summed E-state index contributed by atoms with van der Waals surface area (Å²) in [5.74, 6) is 0.371. The maximum atomic E-state index is 9.78. The molecule has 4 heteroatoms. The number of aromatic hydroxyl groups is 1. The third kappa shape index (κ3) is 2.72. The topological polar surface area (TPSA) is 61.5 Å². The standard InChI is InChI=1S/C12H19N3O/c13-8-10-1-2-12(16)11(7-10)9-15-5-3-14-4-6-15/h1-2,7,14,16H,3-6,8-9,13H2. The molecule has 2 rings (SSSR count). The van der Waals surface area contributed by atoms with E-state index in [4.69, 9.17) is 5.73 Å². The summed E-state index contributed by atoms with van der Waals surface area (Å²) in [5, 5.41) is 13.1. The maximum absolute atomic E-state index is 9.78. The van der Waals surface area contributed by atoms with Crippen molar-refractivity contribution in [1.29, 1.82) is 0 Å². The van der Waals surface area contributed by atoms with Crippen LogP contribution in [0.1, 0.15) is 11.1 Å². The van der Waals surface area contributed by atoms with Crippen molar-refractivity contribution in [3.8, 4) is 5.75 Å². The van der Waals surface area contributed by atoms with Crippen LogP contribution in [0, 0.1) is 0 Å². The molecule has 4 N–H and O–H groups in total. The van der Waals surface area contributed by atoms with Crippen molar-refractivity contribution < 1.29 is 5.11 Å². The number of rotatable bonds is 3. The van der Waals surface area contributed by atoms with Gasteiger partial charge in [0, 0.05) is 44.8 Å². The Morgan fingerprint density at radius 1 is 1.31 bits per heavy atom. The Hall–Kier alpha value is -1.10. The average molecular weight is 221 g/mol. The number of hydrogen-bond acceptors (Lipinski definition) is 4. The molecule has 4 nitrogen and oxygen atoms in total. The Balaban J connectivity index is 2.06. The second kappa shape index (κ2) is 5.30. The van der Waals surface area contributed by atoms with E-state index in [1.165, 1.54) is 0 Å². The van der Waals surface area contributed by atoms with E-state index >= 15 is 0 Å². The molecule has 0 spiro atoms. The SMILES string of the molecule is NCc1ccc(O)c(CN2CCNCC2)c1. The number of phenolic OH excluding ortho intramolecular Hbond substituents is 1. The van der Waals surface area contributed by atoms with Gasteiger partial charge < -0.3 is 16.2 Å². The van der Waals surface area contributed by atoms with Gasteiger partial charge >= 0.3 is 0 Å². The molecular formula is C12H19N3O. The van der Waals surface area contributed by atoms with Crippen LogP contribution in [0.2, 0.25) is 0 Å². The number of benzene rings is 1. The van der Waals surface area contributed by atoms with Crippen LogP contribution in [0.3, 0.4) is 0 Å². The van der Waals surface area contributed by atoms with Crippen LogP contribution in [-0.2, 0) is 13.1 Å². The molecule has 1 saturated heterocycles. The molecule has 1 aliphatic heterocycles. The summed E-state index contributed by atoms with van der Waals surface area (Å²) in [5.41, 5.74) is 7.65. The average Bonchev–Trinajstić information content (AvgIpc) is 2.33. The van der Waals surface area contributed by atoms with Gasteiger partial charge in [-0.25, -0.2) is 0 Å². The Kier molecular flexibility index (Phi) is 3.77. The second-order valence-electron chi connectivity index (χ2n) is 4.19. The van der Waals surface area contributed by atoms with Crippen molar-refractivity contribution >= 4 is 0 Å². The maximum Gasteiger partial charge on any atom is 0.120 e. The monoisotopic (exact) mass is 221 g/mol. The molecule has 0 saturated carbocycles. The minimum Gasteiger partial charge on any atom is -0.508 e. The van der Waals surface area contributed by atoms with E-state index in [9.17, 15) is 5.11 Å². The van der Waals surface area contributed by atoms with E-state index in [0.29, 0.717) is 12.3 Å². The van der Waals surface area contributed by atoms with Crippen LogP contribution >= 0.6 is 0 Å². The zero-order valence-electron chi connectivity index (χ0n) is 9.45. The fraction of sp³-hybridized carbons (Fsp3) is 0.500. The highest BCUT2D eigenvalue weighted by Crippen LogP contribution is 2.20. The fourth-order valence-corrected chi connectivity index (χ4v) is 2.00. The van der Waals surface area contributed by atoms with Gasteiger partial charge in [0.1, 0.15) is 5.75 Å². The number of phenols is 1. The quantitative estimate of drug-likeness (QED) is 0.685. The third-order valence-electron chi connectivity index (χ3n) is 2.98. The molecule has 1 aromatic carbocycles. The van der Waals surface area contributed by atoms with Gasteiger partial charge in [0.2, 0.25) is 0 Å². The van der Waals surface area contributed by atoms with Gasteiger partial charge in [-0.1, -0.05) is 6.07 Å². The van der Waals surface area contributed by atoms with Crippen LogP contribution in [0.25, 0.3) is 0 Å². The van der Waals surface area contributed by atoms with E-state index in [2.05, 4.69) is 10.2 Å². The lowest BCUT2D eigenvalue weighted by atomic mass is 10.1.